The first-order chi connectivity index (χ1) is 12.4. The molecule has 6 nitrogen and oxygen atoms in total. The minimum atomic E-state index is -3.65. The van der Waals surface area contributed by atoms with E-state index in [0.717, 1.165) is 23.4 Å². The summed E-state index contributed by atoms with van der Waals surface area (Å²) in [6, 6.07) is 13.9. The topological polar surface area (TPSA) is 86.7 Å². The number of benzene rings is 2. The second-order valence-electron chi connectivity index (χ2n) is 6.48. The third-order valence-corrected chi connectivity index (χ3v) is 6.12. The van der Waals surface area contributed by atoms with Crippen LogP contribution in [0.25, 0.3) is 0 Å². The van der Waals surface area contributed by atoms with Crippen LogP contribution in [0.3, 0.4) is 0 Å². The number of para-hydroxylation sites is 1. The largest absolute Gasteiger partial charge is 0.481 e. The zero-order valence-corrected chi connectivity index (χ0v) is 15.4. The number of aliphatic carboxylic acids is 1. The van der Waals surface area contributed by atoms with Crippen LogP contribution in [0.5, 0.6) is 0 Å². The molecule has 1 atom stereocenters. The van der Waals surface area contributed by atoms with Crippen molar-refractivity contribution >= 4 is 21.7 Å². The summed E-state index contributed by atoms with van der Waals surface area (Å²) in [5.41, 5.74) is 2.81. The molecule has 1 unspecified atom stereocenters. The van der Waals surface area contributed by atoms with Crippen molar-refractivity contribution in [2.45, 2.75) is 30.2 Å². The van der Waals surface area contributed by atoms with Crippen LogP contribution in [-0.2, 0) is 21.2 Å². The zero-order valence-electron chi connectivity index (χ0n) is 14.6. The summed E-state index contributed by atoms with van der Waals surface area (Å²) in [7, 11) is -1.65. The molecule has 0 spiro atoms. The number of aryl methyl sites for hydroxylation is 1. The Morgan fingerprint density at radius 1 is 1.19 bits per heavy atom. The normalized spacial score (nSPS) is 17.0. The van der Waals surface area contributed by atoms with Crippen molar-refractivity contribution < 1.29 is 18.3 Å². The van der Waals surface area contributed by atoms with E-state index < -0.39 is 16.0 Å². The Kier molecular flexibility index (Phi) is 5.29. The monoisotopic (exact) mass is 374 g/mol. The quantitative estimate of drug-likeness (QED) is 0.811. The van der Waals surface area contributed by atoms with Gasteiger partial charge in [0.15, 0.2) is 0 Å². The van der Waals surface area contributed by atoms with E-state index in [1.807, 2.05) is 31.3 Å². The number of anilines is 1. The lowest BCUT2D eigenvalue weighted by Crippen LogP contribution is -2.36. The number of hydrogen-bond donors (Lipinski definition) is 2. The van der Waals surface area contributed by atoms with E-state index in [1.54, 1.807) is 12.1 Å². The average Bonchev–Trinajstić information content (AvgIpc) is 2.63. The van der Waals surface area contributed by atoms with Gasteiger partial charge in [-0.05, 0) is 42.2 Å². The summed E-state index contributed by atoms with van der Waals surface area (Å²) in [4.78, 5) is 12.9. The van der Waals surface area contributed by atoms with Gasteiger partial charge in [0.1, 0.15) is 0 Å². The van der Waals surface area contributed by atoms with Gasteiger partial charge in [0.25, 0.3) is 0 Å². The highest BCUT2D eigenvalue weighted by atomic mass is 32.2. The molecule has 26 heavy (non-hydrogen) atoms. The Morgan fingerprint density at radius 2 is 1.88 bits per heavy atom. The highest BCUT2D eigenvalue weighted by Crippen LogP contribution is 2.33. The summed E-state index contributed by atoms with van der Waals surface area (Å²) >= 11 is 0. The van der Waals surface area contributed by atoms with Crippen molar-refractivity contribution in [3.05, 3.63) is 59.7 Å². The number of rotatable bonds is 6. The molecular weight excluding hydrogens is 352 g/mol. The van der Waals surface area contributed by atoms with Crippen LogP contribution < -0.4 is 9.62 Å². The number of fused-ring (bicyclic) bond motifs is 1. The van der Waals surface area contributed by atoms with Crippen LogP contribution in [0.1, 0.15) is 30.0 Å². The van der Waals surface area contributed by atoms with Gasteiger partial charge in [0.2, 0.25) is 10.0 Å². The number of carbonyl (C=O) groups is 1. The maximum Gasteiger partial charge on any atom is 0.303 e. The van der Waals surface area contributed by atoms with E-state index in [4.69, 9.17) is 5.11 Å². The number of carboxylic acids is 1. The molecule has 0 radical (unpaired) electrons. The second kappa shape index (κ2) is 7.47. The second-order valence-corrected chi connectivity index (χ2v) is 8.19. The molecular formula is C19H22N2O4S. The minimum absolute atomic E-state index is 0.0245. The van der Waals surface area contributed by atoms with E-state index in [1.165, 1.54) is 12.1 Å². The van der Waals surface area contributed by atoms with Gasteiger partial charge in [-0.25, -0.2) is 13.1 Å². The maximum absolute atomic E-state index is 12.8. The number of nitrogens with zero attached hydrogens (tertiary/aromatic N) is 1. The van der Waals surface area contributed by atoms with Gasteiger partial charge >= 0.3 is 5.97 Å². The Morgan fingerprint density at radius 3 is 2.58 bits per heavy atom. The summed E-state index contributed by atoms with van der Waals surface area (Å²) in [6.07, 6.45) is 1.10. The molecule has 0 fully saturated rings. The van der Waals surface area contributed by atoms with Crippen LogP contribution in [0.15, 0.2) is 53.4 Å². The van der Waals surface area contributed by atoms with Gasteiger partial charge in [0, 0.05) is 25.7 Å². The fourth-order valence-electron chi connectivity index (χ4n) is 3.19. The zero-order chi connectivity index (χ0) is 18.7. The molecule has 1 aliphatic rings. The molecule has 0 saturated carbocycles. The molecule has 0 aliphatic carbocycles. The first kappa shape index (κ1) is 18.4. The van der Waals surface area contributed by atoms with Crippen LogP contribution >= 0.6 is 0 Å². The van der Waals surface area contributed by atoms with Crippen molar-refractivity contribution in [3.8, 4) is 0 Å². The van der Waals surface area contributed by atoms with Crippen molar-refractivity contribution in [1.82, 2.24) is 4.72 Å². The Bertz CT molecular complexity index is 894. The first-order valence-corrected chi connectivity index (χ1v) is 9.98. The molecule has 1 heterocycles. The molecule has 2 N–H and O–H groups in total. The molecule has 0 aromatic heterocycles. The molecule has 138 valence electrons. The molecule has 0 saturated heterocycles. The van der Waals surface area contributed by atoms with Crippen molar-refractivity contribution in [2.75, 3.05) is 18.5 Å². The van der Waals surface area contributed by atoms with Crippen molar-refractivity contribution in [3.63, 3.8) is 0 Å². The van der Waals surface area contributed by atoms with E-state index >= 15 is 0 Å². The van der Waals surface area contributed by atoms with E-state index in [9.17, 15) is 13.2 Å². The smallest absolute Gasteiger partial charge is 0.303 e. The predicted octanol–water partition coefficient (Wildman–Crippen LogP) is 2.56. The molecule has 0 bridgehead atoms. The number of hydrogen-bond acceptors (Lipinski definition) is 4. The molecule has 0 amide bonds. The molecule has 7 heteroatoms. The lowest BCUT2D eigenvalue weighted by molar-refractivity contribution is -0.136. The molecule has 1 aliphatic heterocycles. The molecule has 2 aromatic carbocycles. The number of nitrogens with one attached hydrogen (secondary N) is 1. The first-order valence-electron chi connectivity index (χ1n) is 8.50. The lowest BCUT2D eigenvalue weighted by atomic mass is 9.98. The van der Waals surface area contributed by atoms with Gasteiger partial charge in [-0.2, -0.15) is 0 Å². The van der Waals surface area contributed by atoms with Crippen LogP contribution in [0, 0.1) is 0 Å². The lowest BCUT2D eigenvalue weighted by Gasteiger charge is -2.33. The fourth-order valence-corrected chi connectivity index (χ4v) is 4.44. The molecule has 3 rings (SSSR count). The van der Waals surface area contributed by atoms with Gasteiger partial charge in [-0.3, -0.25) is 4.79 Å². The van der Waals surface area contributed by atoms with Crippen molar-refractivity contribution in [1.29, 1.82) is 0 Å². The van der Waals surface area contributed by atoms with E-state index in [2.05, 4.69) is 9.62 Å². The highest BCUT2D eigenvalue weighted by molar-refractivity contribution is 7.89. The van der Waals surface area contributed by atoms with Gasteiger partial charge in [-0.1, -0.05) is 30.3 Å². The third kappa shape index (κ3) is 4.05. The maximum atomic E-state index is 12.8. The summed E-state index contributed by atoms with van der Waals surface area (Å²) in [5, 5.41) is 8.73. The Labute approximate surface area is 153 Å². The highest BCUT2D eigenvalue weighted by Gasteiger charge is 2.27. The Balaban J connectivity index is 1.77. The SMILES string of the molecule is CN1CCC(NS(=O)(=O)c2ccc(CCC(=O)O)cc2)c2ccccc21. The van der Waals surface area contributed by atoms with Crippen LogP contribution in [0.4, 0.5) is 5.69 Å². The predicted molar refractivity (Wildman–Crippen MR) is 99.8 cm³/mol. The van der Waals surface area contributed by atoms with Crippen LogP contribution in [-0.4, -0.2) is 33.1 Å². The van der Waals surface area contributed by atoms with Crippen molar-refractivity contribution in [2.24, 2.45) is 0 Å². The third-order valence-electron chi connectivity index (χ3n) is 4.64. The van der Waals surface area contributed by atoms with Gasteiger partial charge in [-0.15, -0.1) is 0 Å². The van der Waals surface area contributed by atoms with Crippen LogP contribution in [0.2, 0.25) is 0 Å². The number of sulfonamides is 1. The average molecular weight is 374 g/mol. The van der Waals surface area contributed by atoms with E-state index in [0.29, 0.717) is 12.8 Å². The fraction of sp³-hybridized carbons (Fsp3) is 0.316. The van der Waals surface area contributed by atoms with E-state index in [-0.39, 0.29) is 17.4 Å². The van der Waals surface area contributed by atoms with Gasteiger partial charge in [0.05, 0.1) is 10.9 Å². The summed E-state index contributed by atoms with van der Waals surface area (Å²) < 4.78 is 28.3. The standard InChI is InChI=1S/C19H22N2O4S/c1-21-13-12-17(16-4-2-3-5-18(16)21)20-26(24,25)15-9-6-14(7-10-15)8-11-19(22)23/h2-7,9-10,17,20H,8,11-13H2,1H3,(H,22,23). The Hall–Kier alpha value is -2.38. The molecule has 2 aromatic rings. The number of carboxylic acid groups (broad SMARTS) is 1. The minimum Gasteiger partial charge on any atom is -0.481 e. The van der Waals surface area contributed by atoms with Gasteiger partial charge < -0.3 is 10.0 Å². The summed E-state index contributed by atoms with van der Waals surface area (Å²) in [5.74, 6) is -0.871. The summed E-state index contributed by atoms with van der Waals surface area (Å²) in [6.45, 7) is 0.776.